The number of ether oxygens (including phenoxy) is 1. The van der Waals surface area contributed by atoms with E-state index in [-0.39, 0.29) is 18.3 Å². The zero-order chi connectivity index (χ0) is 19.4. The van der Waals surface area contributed by atoms with Crippen LogP contribution in [0.25, 0.3) is 5.69 Å². The maximum Gasteiger partial charge on any atom is 0.353 e. The van der Waals surface area contributed by atoms with Crippen molar-refractivity contribution in [2.24, 2.45) is 12.2 Å². The molecule has 3 rings (SSSR count). The molecule has 0 unspecified atom stereocenters. The monoisotopic (exact) mass is 366 g/mol. The van der Waals surface area contributed by atoms with Crippen molar-refractivity contribution in [3.8, 4) is 11.7 Å². The number of rotatable bonds is 6. The van der Waals surface area contributed by atoms with E-state index in [1.165, 1.54) is 16.4 Å². The van der Waals surface area contributed by atoms with Crippen molar-refractivity contribution in [2.75, 3.05) is 7.11 Å². The number of methoxy groups -OCH3 is 1. The number of benzene rings is 2. The summed E-state index contributed by atoms with van der Waals surface area (Å²) in [6.45, 7) is 4.14. The average Bonchev–Trinajstić information content (AvgIpc) is 2.96. The smallest absolute Gasteiger partial charge is 0.353 e. The maximum atomic E-state index is 12.4. The van der Waals surface area contributed by atoms with Gasteiger partial charge in [0.25, 0.3) is 0 Å². The summed E-state index contributed by atoms with van der Waals surface area (Å²) in [6, 6.07) is 15.7. The Morgan fingerprint density at radius 2 is 1.96 bits per heavy atom. The highest BCUT2D eigenvalue weighted by Gasteiger charge is 2.16. The lowest BCUT2D eigenvalue weighted by molar-refractivity contribution is 0.130. The Balaban J connectivity index is 1.86. The molecule has 0 bridgehead atoms. The van der Waals surface area contributed by atoms with Gasteiger partial charge >= 0.3 is 11.7 Å². The molecule has 0 saturated heterocycles. The van der Waals surface area contributed by atoms with Crippen LogP contribution in [0.5, 0.6) is 6.01 Å². The van der Waals surface area contributed by atoms with Crippen molar-refractivity contribution in [3.63, 3.8) is 0 Å². The predicted octanol–water partition coefficient (Wildman–Crippen LogP) is 2.83. The molecule has 1 aromatic heterocycles. The highest BCUT2D eigenvalue weighted by atomic mass is 16.6. The van der Waals surface area contributed by atoms with E-state index >= 15 is 0 Å². The van der Waals surface area contributed by atoms with E-state index in [4.69, 9.17) is 9.57 Å². The molecule has 3 aromatic rings. The SMILES string of the molecule is COc1nn(C)c(=O)n1-c1ccccc1CO/N=C(/C)c1cccc(C)c1. The molecule has 0 radical (unpaired) electrons. The third-order valence-corrected chi connectivity index (χ3v) is 4.17. The minimum Gasteiger partial charge on any atom is -0.467 e. The fourth-order valence-electron chi connectivity index (χ4n) is 2.75. The fourth-order valence-corrected chi connectivity index (χ4v) is 2.75. The summed E-state index contributed by atoms with van der Waals surface area (Å²) in [5.41, 5.74) is 4.11. The number of oxime groups is 1. The average molecular weight is 366 g/mol. The highest BCUT2D eigenvalue weighted by Crippen LogP contribution is 2.18. The van der Waals surface area contributed by atoms with Crippen LogP contribution in [0.1, 0.15) is 23.6 Å². The second kappa shape index (κ2) is 7.90. The molecule has 0 atom stereocenters. The van der Waals surface area contributed by atoms with Crippen molar-refractivity contribution in [3.05, 3.63) is 75.7 Å². The zero-order valence-electron chi connectivity index (χ0n) is 15.8. The standard InChI is InChI=1S/C20H22N4O3/c1-14-8-7-10-16(12-14)15(2)22-27-13-17-9-5-6-11-18(17)24-19(26-4)21-23(3)20(24)25/h5-12H,13H2,1-4H3/b22-15-. The van der Waals surface area contributed by atoms with Gasteiger partial charge in [0, 0.05) is 12.6 Å². The van der Waals surface area contributed by atoms with E-state index < -0.39 is 0 Å². The van der Waals surface area contributed by atoms with Crippen LogP contribution in [0.2, 0.25) is 0 Å². The van der Waals surface area contributed by atoms with Crippen LogP contribution in [-0.2, 0) is 18.5 Å². The van der Waals surface area contributed by atoms with Crippen molar-refractivity contribution in [1.82, 2.24) is 14.3 Å². The fraction of sp³-hybridized carbons (Fsp3) is 0.250. The molecule has 0 N–H and O–H groups in total. The van der Waals surface area contributed by atoms with E-state index in [0.717, 1.165) is 22.4 Å². The molecule has 0 fully saturated rings. The second-order valence-corrected chi connectivity index (χ2v) is 6.18. The Hall–Kier alpha value is -3.35. The van der Waals surface area contributed by atoms with Gasteiger partial charge in [0.1, 0.15) is 6.61 Å². The first-order valence-corrected chi connectivity index (χ1v) is 8.53. The Kier molecular flexibility index (Phi) is 5.40. The number of aryl methyl sites for hydroxylation is 2. The molecular formula is C20H22N4O3. The molecular weight excluding hydrogens is 344 g/mol. The third-order valence-electron chi connectivity index (χ3n) is 4.17. The predicted molar refractivity (Wildman–Crippen MR) is 104 cm³/mol. The van der Waals surface area contributed by atoms with Gasteiger partial charge in [0.15, 0.2) is 0 Å². The Labute approximate surface area is 157 Å². The summed E-state index contributed by atoms with van der Waals surface area (Å²) in [7, 11) is 3.06. The van der Waals surface area contributed by atoms with Crippen LogP contribution in [0.15, 0.2) is 58.5 Å². The highest BCUT2D eigenvalue weighted by molar-refractivity contribution is 5.98. The number of nitrogens with zero attached hydrogens (tertiary/aromatic N) is 4. The molecule has 27 heavy (non-hydrogen) atoms. The van der Waals surface area contributed by atoms with Crippen LogP contribution < -0.4 is 10.4 Å². The number of hydrogen-bond donors (Lipinski definition) is 0. The topological polar surface area (TPSA) is 70.6 Å². The van der Waals surface area contributed by atoms with E-state index in [1.807, 2.05) is 56.3 Å². The van der Waals surface area contributed by atoms with Gasteiger partial charge in [0.05, 0.1) is 18.5 Å². The molecule has 0 spiro atoms. The van der Waals surface area contributed by atoms with Gasteiger partial charge in [-0.25, -0.2) is 14.0 Å². The number of aromatic nitrogens is 3. The molecule has 0 aliphatic rings. The summed E-state index contributed by atoms with van der Waals surface area (Å²) in [6.07, 6.45) is 0. The molecule has 0 amide bonds. The van der Waals surface area contributed by atoms with Crippen molar-refractivity contribution >= 4 is 5.71 Å². The minimum absolute atomic E-state index is 0.212. The maximum absolute atomic E-state index is 12.4. The molecule has 1 heterocycles. The first kappa shape index (κ1) is 18.4. The first-order valence-electron chi connectivity index (χ1n) is 8.53. The lowest BCUT2D eigenvalue weighted by Crippen LogP contribution is -2.22. The lowest BCUT2D eigenvalue weighted by atomic mass is 10.1. The largest absolute Gasteiger partial charge is 0.467 e. The van der Waals surface area contributed by atoms with Crippen LogP contribution in [0.3, 0.4) is 0 Å². The van der Waals surface area contributed by atoms with Gasteiger partial charge in [-0.15, -0.1) is 5.10 Å². The molecule has 0 saturated carbocycles. The summed E-state index contributed by atoms with van der Waals surface area (Å²) < 4.78 is 7.88. The van der Waals surface area contributed by atoms with Crippen molar-refractivity contribution in [2.45, 2.75) is 20.5 Å². The van der Waals surface area contributed by atoms with Crippen LogP contribution in [-0.4, -0.2) is 27.2 Å². The van der Waals surface area contributed by atoms with Gasteiger partial charge in [-0.05, 0) is 25.5 Å². The summed E-state index contributed by atoms with van der Waals surface area (Å²) in [5, 5.41) is 8.29. The lowest BCUT2D eigenvalue weighted by Gasteiger charge is -2.10. The second-order valence-electron chi connectivity index (χ2n) is 6.18. The number of hydrogen-bond acceptors (Lipinski definition) is 5. The summed E-state index contributed by atoms with van der Waals surface area (Å²) in [5.74, 6) is 0. The van der Waals surface area contributed by atoms with Crippen LogP contribution in [0.4, 0.5) is 0 Å². The number of para-hydroxylation sites is 1. The van der Waals surface area contributed by atoms with Gasteiger partial charge < -0.3 is 9.57 Å². The Morgan fingerprint density at radius 1 is 1.19 bits per heavy atom. The van der Waals surface area contributed by atoms with Crippen LogP contribution in [0, 0.1) is 6.92 Å². The van der Waals surface area contributed by atoms with Gasteiger partial charge in [0.2, 0.25) is 0 Å². The van der Waals surface area contributed by atoms with E-state index in [1.54, 1.807) is 7.05 Å². The van der Waals surface area contributed by atoms with E-state index in [0.29, 0.717) is 5.69 Å². The third kappa shape index (κ3) is 3.92. The van der Waals surface area contributed by atoms with E-state index in [9.17, 15) is 4.79 Å². The van der Waals surface area contributed by atoms with Gasteiger partial charge in [-0.2, -0.15) is 0 Å². The van der Waals surface area contributed by atoms with Crippen molar-refractivity contribution < 1.29 is 9.57 Å². The van der Waals surface area contributed by atoms with E-state index in [2.05, 4.69) is 16.3 Å². The Morgan fingerprint density at radius 3 is 2.70 bits per heavy atom. The minimum atomic E-state index is -0.293. The van der Waals surface area contributed by atoms with Crippen molar-refractivity contribution in [1.29, 1.82) is 0 Å². The summed E-state index contributed by atoms with van der Waals surface area (Å²) in [4.78, 5) is 18.0. The quantitative estimate of drug-likeness (QED) is 0.497. The zero-order valence-corrected chi connectivity index (χ0v) is 15.8. The molecule has 7 heteroatoms. The van der Waals surface area contributed by atoms with Crippen LogP contribution >= 0.6 is 0 Å². The van der Waals surface area contributed by atoms with Gasteiger partial charge in [-0.1, -0.05) is 53.2 Å². The Bertz CT molecular complexity index is 1030. The summed E-state index contributed by atoms with van der Waals surface area (Å²) >= 11 is 0. The molecule has 7 nitrogen and oxygen atoms in total. The normalized spacial score (nSPS) is 11.5. The molecule has 2 aromatic carbocycles. The molecule has 0 aliphatic heterocycles. The molecule has 140 valence electrons. The molecule has 0 aliphatic carbocycles. The first-order chi connectivity index (χ1) is 13.0. The van der Waals surface area contributed by atoms with Gasteiger partial charge in [-0.3, -0.25) is 0 Å².